The molecule has 0 saturated carbocycles. The van der Waals surface area contributed by atoms with Crippen LogP contribution in [0.2, 0.25) is 0 Å². The van der Waals surface area contributed by atoms with Crippen molar-refractivity contribution < 1.29 is 0 Å². The van der Waals surface area contributed by atoms with Gasteiger partial charge in [-0.25, -0.2) is 0 Å². The van der Waals surface area contributed by atoms with Gasteiger partial charge in [-0.1, -0.05) is 24.6 Å². The molecule has 0 aliphatic rings. The normalized spacial score (nSPS) is 14.4. The van der Waals surface area contributed by atoms with Crippen molar-refractivity contribution in [3.05, 3.63) is 35.7 Å². The van der Waals surface area contributed by atoms with Gasteiger partial charge in [0.1, 0.15) is 0 Å². The van der Waals surface area contributed by atoms with E-state index in [9.17, 15) is 0 Å². The molecule has 0 bridgehead atoms. The van der Waals surface area contributed by atoms with Crippen molar-refractivity contribution >= 4 is 0 Å². The fourth-order valence-corrected chi connectivity index (χ4v) is 1.84. The molecule has 2 rings (SSSR count). The molecule has 0 fully saturated rings. The fourth-order valence-electron chi connectivity index (χ4n) is 1.84. The Morgan fingerprint density at radius 2 is 1.94 bits per heavy atom. The third-order valence-corrected chi connectivity index (χ3v) is 3.50. The number of benzene rings is 1. The van der Waals surface area contributed by atoms with Gasteiger partial charge in [0, 0.05) is 0 Å². The molecule has 1 aromatic carbocycles. The molecule has 1 heterocycles. The van der Waals surface area contributed by atoms with Crippen LogP contribution in [-0.4, -0.2) is 27.3 Å². The maximum absolute atomic E-state index is 4.17. The highest BCUT2D eigenvalue weighted by molar-refractivity contribution is 5.34. The number of rotatable bonds is 4. The fraction of sp³-hybridized carbons (Fsp3) is 0.462. The summed E-state index contributed by atoms with van der Waals surface area (Å²) in [6.45, 7) is 6.28. The Kier molecular flexibility index (Phi) is 3.43. The van der Waals surface area contributed by atoms with Crippen LogP contribution >= 0.6 is 0 Å². The van der Waals surface area contributed by atoms with Crippen molar-refractivity contribution in [1.29, 1.82) is 0 Å². The van der Waals surface area contributed by atoms with E-state index >= 15 is 0 Å². The summed E-state index contributed by atoms with van der Waals surface area (Å²) in [5.74, 6) is 0.830. The number of hydrogen-bond acceptors (Lipinski definition) is 4. The average molecular weight is 245 g/mol. The Bertz CT molecular complexity index is 510. The third kappa shape index (κ3) is 2.13. The standard InChI is InChI=1S/C13H19N5/c1-5-13(3,14-4)12-15-16-17-18(12)11-8-6-10(2)7-9-11/h6-9,14H,5H2,1-4H3. The maximum Gasteiger partial charge on any atom is 0.176 e. The van der Waals surface area contributed by atoms with Crippen LogP contribution in [0.4, 0.5) is 0 Å². The van der Waals surface area contributed by atoms with Gasteiger partial charge in [0.05, 0.1) is 11.2 Å². The van der Waals surface area contributed by atoms with Crippen molar-refractivity contribution in [2.24, 2.45) is 0 Å². The van der Waals surface area contributed by atoms with Crippen LogP contribution in [0.25, 0.3) is 5.69 Å². The molecule has 2 aromatic rings. The lowest BCUT2D eigenvalue weighted by molar-refractivity contribution is 0.354. The number of hydrogen-bond donors (Lipinski definition) is 1. The molecule has 0 spiro atoms. The lowest BCUT2D eigenvalue weighted by Crippen LogP contribution is -2.38. The van der Waals surface area contributed by atoms with E-state index in [0.29, 0.717) is 0 Å². The molecule has 96 valence electrons. The van der Waals surface area contributed by atoms with Crippen molar-refractivity contribution in [2.45, 2.75) is 32.7 Å². The van der Waals surface area contributed by atoms with E-state index in [2.05, 4.69) is 53.7 Å². The highest BCUT2D eigenvalue weighted by Crippen LogP contribution is 2.23. The summed E-state index contributed by atoms with van der Waals surface area (Å²) >= 11 is 0. The van der Waals surface area contributed by atoms with E-state index in [1.807, 2.05) is 19.2 Å². The Morgan fingerprint density at radius 3 is 2.50 bits per heavy atom. The summed E-state index contributed by atoms with van der Waals surface area (Å²) in [4.78, 5) is 0. The van der Waals surface area contributed by atoms with E-state index in [-0.39, 0.29) is 5.54 Å². The molecule has 1 N–H and O–H groups in total. The van der Waals surface area contributed by atoms with E-state index in [1.165, 1.54) is 5.56 Å². The smallest absolute Gasteiger partial charge is 0.176 e. The lowest BCUT2D eigenvalue weighted by Gasteiger charge is -2.26. The van der Waals surface area contributed by atoms with Gasteiger partial charge in [0.15, 0.2) is 5.82 Å². The van der Waals surface area contributed by atoms with Gasteiger partial charge >= 0.3 is 0 Å². The number of aryl methyl sites for hydroxylation is 1. The molecule has 1 aromatic heterocycles. The predicted octanol–water partition coefficient (Wildman–Crippen LogP) is 1.82. The van der Waals surface area contributed by atoms with Crippen molar-refractivity contribution in [2.75, 3.05) is 7.05 Å². The molecule has 18 heavy (non-hydrogen) atoms. The van der Waals surface area contributed by atoms with Gasteiger partial charge < -0.3 is 5.32 Å². The van der Waals surface area contributed by atoms with Gasteiger partial charge in [-0.15, -0.1) is 5.10 Å². The monoisotopic (exact) mass is 245 g/mol. The van der Waals surface area contributed by atoms with Crippen molar-refractivity contribution in [3.8, 4) is 5.69 Å². The molecule has 0 saturated heterocycles. The van der Waals surface area contributed by atoms with E-state index in [4.69, 9.17) is 0 Å². The molecular formula is C13H19N5. The maximum atomic E-state index is 4.17. The first-order valence-corrected chi connectivity index (χ1v) is 6.15. The minimum absolute atomic E-state index is 0.228. The number of tetrazole rings is 1. The Balaban J connectivity index is 2.48. The number of aromatic nitrogens is 4. The quantitative estimate of drug-likeness (QED) is 0.892. The van der Waals surface area contributed by atoms with Crippen LogP contribution in [-0.2, 0) is 5.54 Å². The van der Waals surface area contributed by atoms with E-state index in [0.717, 1.165) is 17.9 Å². The van der Waals surface area contributed by atoms with Gasteiger partial charge in [-0.3, -0.25) is 0 Å². The zero-order chi connectivity index (χ0) is 13.2. The summed E-state index contributed by atoms with van der Waals surface area (Å²) < 4.78 is 1.79. The summed E-state index contributed by atoms with van der Waals surface area (Å²) in [6, 6.07) is 8.18. The van der Waals surface area contributed by atoms with E-state index in [1.54, 1.807) is 4.68 Å². The molecule has 0 amide bonds. The second kappa shape index (κ2) is 4.86. The summed E-state index contributed by atoms with van der Waals surface area (Å²) in [6.07, 6.45) is 0.912. The highest BCUT2D eigenvalue weighted by atomic mass is 15.6. The van der Waals surface area contributed by atoms with Gasteiger partial charge in [0.25, 0.3) is 0 Å². The predicted molar refractivity (Wildman–Crippen MR) is 70.6 cm³/mol. The zero-order valence-corrected chi connectivity index (χ0v) is 11.3. The van der Waals surface area contributed by atoms with Gasteiger partial charge in [-0.05, 0) is 49.9 Å². The minimum atomic E-state index is -0.228. The topological polar surface area (TPSA) is 55.6 Å². The van der Waals surface area contributed by atoms with Crippen LogP contribution in [0, 0.1) is 6.92 Å². The minimum Gasteiger partial charge on any atom is -0.308 e. The third-order valence-electron chi connectivity index (χ3n) is 3.50. The molecule has 1 unspecified atom stereocenters. The molecule has 0 radical (unpaired) electrons. The van der Waals surface area contributed by atoms with Crippen LogP contribution in [0.1, 0.15) is 31.7 Å². The van der Waals surface area contributed by atoms with Crippen LogP contribution in [0.15, 0.2) is 24.3 Å². The Hall–Kier alpha value is -1.75. The SMILES string of the molecule is CCC(C)(NC)c1nnnn1-c1ccc(C)cc1. The summed E-state index contributed by atoms with van der Waals surface area (Å²) in [7, 11) is 1.93. The molecule has 1 atom stereocenters. The van der Waals surface area contributed by atoms with Crippen LogP contribution in [0.5, 0.6) is 0 Å². The number of nitrogens with zero attached hydrogens (tertiary/aromatic N) is 4. The zero-order valence-electron chi connectivity index (χ0n) is 11.3. The van der Waals surface area contributed by atoms with Crippen molar-refractivity contribution in [3.63, 3.8) is 0 Å². The second-order valence-corrected chi connectivity index (χ2v) is 4.69. The molecule has 0 aliphatic heterocycles. The van der Waals surface area contributed by atoms with Gasteiger partial charge in [0.2, 0.25) is 0 Å². The Labute approximate surface area is 107 Å². The Morgan fingerprint density at radius 1 is 1.28 bits per heavy atom. The summed E-state index contributed by atoms with van der Waals surface area (Å²) in [5.41, 5.74) is 1.98. The molecule has 0 aliphatic carbocycles. The van der Waals surface area contributed by atoms with Crippen molar-refractivity contribution in [1.82, 2.24) is 25.5 Å². The first-order valence-electron chi connectivity index (χ1n) is 6.15. The van der Waals surface area contributed by atoms with Crippen LogP contribution in [0.3, 0.4) is 0 Å². The van der Waals surface area contributed by atoms with Crippen LogP contribution < -0.4 is 5.32 Å². The average Bonchev–Trinajstić information content (AvgIpc) is 2.88. The second-order valence-electron chi connectivity index (χ2n) is 4.69. The largest absolute Gasteiger partial charge is 0.308 e. The van der Waals surface area contributed by atoms with Gasteiger partial charge in [-0.2, -0.15) is 4.68 Å². The summed E-state index contributed by atoms with van der Waals surface area (Å²) in [5, 5.41) is 15.4. The molecule has 5 heteroatoms. The first kappa shape index (κ1) is 12.7. The first-order chi connectivity index (χ1) is 8.60. The van der Waals surface area contributed by atoms with E-state index < -0.39 is 0 Å². The molecular weight excluding hydrogens is 226 g/mol. The lowest BCUT2D eigenvalue weighted by atomic mass is 9.98. The molecule has 5 nitrogen and oxygen atoms in total. The number of nitrogens with one attached hydrogen (secondary N) is 1. The highest BCUT2D eigenvalue weighted by Gasteiger charge is 2.29.